The van der Waals surface area contributed by atoms with Crippen molar-refractivity contribution in [1.29, 1.82) is 0 Å². The zero-order valence-electron chi connectivity index (χ0n) is 9.97. The molecule has 1 aromatic heterocycles. The molecular formula is C10H19N5O. The van der Waals surface area contributed by atoms with Crippen LogP contribution in [0.4, 0.5) is 0 Å². The summed E-state index contributed by atoms with van der Waals surface area (Å²) in [6.07, 6.45) is 2.97. The quantitative estimate of drug-likeness (QED) is 0.704. The molecule has 1 rings (SSSR count). The fourth-order valence-corrected chi connectivity index (χ4v) is 1.38. The van der Waals surface area contributed by atoms with Crippen LogP contribution in [0, 0.1) is 5.92 Å². The molecule has 0 bridgehead atoms. The van der Waals surface area contributed by atoms with E-state index in [9.17, 15) is 4.79 Å². The summed E-state index contributed by atoms with van der Waals surface area (Å²) >= 11 is 0. The molecule has 1 amide bonds. The highest BCUT2D eigenvalue weighted by molar-refractivity contribution is 5.79. The molecule has 6 heteroatoms. The van der Waals surface area contributed by atoms with Crippen LogP contribution in [0.2, 0.25) is 0 Å². The minimum absolute atomic E-state index is 0.0338. The summed E-state index contributed by atoms with van der Waals surface area (Å²) < 4.78 is 1.54. The molecule has 6 nitrogen and oxygen atoms in total. The first-order valence-electron chi connectivity index (χ1n) is 5.41. The van der Waals surface area contributed by atoms with E-state index in [1.54, 1.807) is 13.3 Å². The summed E-state index contributed by atoms with van der Waals surface area (Å²) in [5.41, 5.74) is 0. The van der Waals surface area contributed by atoms with E-state index in [1.807, 2.05) is 7.05 Å². The molecule has 0 fully saturated rings. The Hall–Kier alpha value is -1.43. The maximum atomic E-state index is 11.7. The third-order valence-electron chi connectivity index (χ3n) is 2.39. The first-order chi connectivity index (χ1) is 7.65. The second-order valence-electron chi connectivity index (χ2n) is 3.96. The summed E-state index contributed by atoms with van der Waals surface area (Å²) in [6.45, 7) is 5.43. The topological polar surface area (TPSA) is 71.8 Å². The van der Waals surface area contributed by atoms with Crippen LogP contribution in [-0.2, 0) is 4.79 Å². The van der Waals surface area contributed by atoms with Gasteiger partial charge in [-0.15, -0.1) is 0 Å². The molecule has 1 aromatic rings. The number of hydrogen-bond donors (Lipinski definition) is 2. The van der Waals surface area contributed by atoms with Crippen molar-refractivity contribution in [3.05, 3.63) is 12.7 Å². The van der Waals surface area contributed by atoms with Gasteiger partial charge in [0.2, 0.25) is 5.91 Å². The normalized spacial score (nSPS) is 14.4. The van der Waals surface area contributed by atoms with Gasteiger partial charge >= 0.3 is 0 Å². The molecule has 0 saturated heterocycles. The molecule has 0 spiro atoms. The van der Waals surface area contributed by atoms with E-state index in [2.05, 4.69) is 27.6 Å². The summed E-state index contributed by atoms with van der Waals surface area (Å²) in [5, 5.41) is 9.89. The summed E-state index contributed by atoms with van der Waals surface area (Å²) in [6, 6.07) is -0.315. The zero-order chi connectivity index (χ0) is 12.0. The average Bonchev–Trinajstić information content (AvgIpc) is 2.78. The molecule has 2 atom stereocenters. The Morgan fingerprint density at radius 3 is 2.75 bits per heavy atom. The smallest absolute Gasteiger partial charge is 0.244 e. The van der Waals surface area contributed by atoms with Crippen LogP contribution >= 0.6 is 0 Å². The third kappa shape index (κ3) is 3.62. The van der Waals surface area contributed by atoms with Gasteiger partial charge < -0.3 is 10.6 Å². The minimum Gasteiger partial charge on any atom is -0.354 e. The van der Waals surface area contributed by atoms with Gasteiger partial charge in [-0.05, 0) is 26.4 Å². The second-order valence-corrected chi connectivity index (χ2v) is 3.96. The van der Waals surface area contributed by atoms with Gasteiger partial charge in [-0.2, -0.15) is 5.10 Å². The minimum atomic E-state index is -0.315. The van der Waals surface area contributed by atoms with E-state index in [4.69, 9.17) is 0 Å². The molecule has 2 N–H and O–H groups in total. The Labute approximate surface area is 95.4 Å². The van der Waals surface area contributed by atoms with Gasteiger partial charge in [0.05, 0.1) is 0 Å². The molecule has 0 aliphatic carbocycles. The van der Waals surface area contributed by atoms with Crippen molar-refractivity contribution >= 4 is 5.91 Å². The Morgan fingerprint density at radius 2 is 2.19 bits per heavy atom. The fourth-order valence-electron chi connectivity index (χ4n) is 1.38. The number of nitrogens with one attached hydrogen (secondary N) is 2. The monoisotopic (exact) mass is 225 g/mol. The van der Waals surface area contributed by atoms with Crippen molar-refractivity contribution in [1.82, 2.24) is 25.4 Å². The number of nitrogens with zero attached hydrogens (tertiary/aromatic N) is 3. The van der Waals surface area contributed by atoms with Gasteiger partial charge in [0, 0.05) is 6.54 Å². The standard InChI is InChI=1S/C10H19N5O/c1-8(4-11-3)5-13-10(16)9(2)15-7-12-6-14-15/h6-9,11H,4-5H2,1-3H3,(H,13,16). The number of hydrogen-bond acceptors (Lipinski definition) is 4. The van der Waals surface area contributed by atoms with Crippen molar-refractivity contribution in [2.75, 3.05) is 20.1 Å². The predicted octanol–water partition coefficient (Wildman–Crippen LogP) is -0.189. The van der Waals surface area contributed by atoms with Gasteiger partial charge in [0.25, 0.3) is 0 Å². The maximum Gasteiger partial charge on any atom is 0.244 e. The van der Waals surface area contributed by atoms with E-state index in [1.165, 1.54) is 11.0 Å². The van der Waals surface area contributed by atoms with E-state index >= 15 is 0 Å². The van der Waals surface area contributed by atoms with Gasteiger partial charge in [-0.25, -0.2) is 9.67 Å². The summed E-state index contributed by atoms with van der Waals surface area (Å²) in [4.78, 5) is 15.5. The Bertz CT molecular complexity index is 311. The number of carbonyl (C=O) groups excluding carboxylic acids is 1. The average molecular weight is 225 g/mol. The van der Waals surface area contributed by atoms with Crippen molar-refractivity contribution < 1.29 is 4.79 Å². The molecule has 0 aliphatic heterocycles. The van der Waals surface area contributed by atoms with E-state index < -0.39 is 0 Å². The first-order valence-corrected chi connectivity index (χ1v) is 5.41. The van der Waals surface area contributed by atoms with Crippen molar-refractivity contribution in [3.8, 4) is 0 Å². The fraction of sp³-hybridized carbons (Fsp3) is 0.700. The van der Waals surface area contributed by atoms with Crippen LogP contribution < -0.4 is 10.6 Å². The predicted molar refractivity (Wildman–Crippen MR) is 60.8 cm³/mol. The number of amides is 1. The number of carbonyl (C=O) groups is 1. The van der Waals surface area contributed by atoms with Gasteiger partial charge in [0.1, 0.15) is 18.7 Å². The van der Waals surface area contributed by atoms with Crippen molar-refractivity contribution in [2.45, 2.75) is 19.9 Å². The van der Waals surface area contributed by atoms with Crippen LogP contribution in [0.3, 0.4) is 0 Å². The van der Waals surface area contributed by atoms with Crippen LogP contribution in [0.15, 0.2) is 12.7 Å². The van der Waals surface area contributed by atoms with Crippen molar-refractivity contribution in [3.63, 3.8) is 0 Å². The molecule has 90 valence electrons. The highest BCUT2D eigenvalue weighted by Gasteiger charge is 2.15. The molecule has 16 heavy (non-hydrogen) atoms. The lowest BCUT2D eigenvalue weighted by Crippen LogP contribution is -2.36. The Balaban J connectivity index is 2.35. The summed E-state index contributed by atoms with van der Waals surface area (Å²) in [7, 11) is 1.90. The Morgan fingerprint density at radius 1 is 1.44 bits per heavy atom. The highest BCUT2D eigenvalue weighted by Crippen LogP contribution is 2.01. The lowest BCUT2D eigenvalue weighted by molar-refractivity contribution is -0.124. The zero-order valence-corrected chi connectivity index (χ0v) is 9.97. The molecule has 0 aliphatic rings. The largest absolute Gasteiger partial charge is 0.354 e. The maximum absolute atomic E-state index is 11.7. The molecule has 1 heterocycles. The third-order valence-corrected chi connectivity index (χ3v) is 2.39. The summed E-state index contributed by atoms with van der Waals surface area (Å²) in [5.74, 6) is 0.380. The highest BCUT2D eigenvalue weighted by atomic mass is 16.2. The lowest BCUT2D eigenvalue weighted by atomic mass is 10.2. The van der Waals surface area contributed by atoms with Gasteiger partial charge in [0.15, 0.2) is 0 Å². The van der Waals surface area contributed by atoms with Crippen molar-refractivity contribution in [2.24, 2.45) is 5.92 Å². The van der Waals surface area contributed by atoms with E-state index in [0.29, 0.717) is 12.5 Å². The van der Waals surface area contributed by atoms with E-state index in [0.717, 1.165) is 6.54 Å². The van der Waals surface area contributed by atoms with E-state index in [-0.39, 0.29) is 11.9 Å². The molecule has 0 aromatic carbocycles. The Kier molecular flexibility index (Phi) is 4.91. The van der Waals surface area contributed by atoms with Gasteiger partial charge in [-0.1, -0.05) is 6.92 Å². The number of rotatable bonds is 6. The SMILES string of the molecule is CNCC(C)CNC(=O)C(C)n1cncn1. The molecule has 2 unspecified atom stereocenters. The van der Waals surface area contributed by atoms with Crippen LogP contribution in [0.5, 0.6) is 0 Å². The molecule has 0 saturated carbocycles. The second kappa shape index (κ2) is 6.22. The lowest BCUT2D eigenvalue weighted by Gasteiger charge is -2.15. The molecular weight excluding hydrogens is 206 g/mol. The van der Waals surface area contributed by atoms with Crippen LogP contribution in [-0.4, -0.2) is 40.8 Å². The number of aromatic nitrogens is 3. The van der Waals surface area contributed by atoms with Crippen LogP contribution in [0.1, 0.15) is 19.9 Å². The first kappa shape index (κ1) is 12.6. The van der Waals surface area contributed by atoms with Crippen LogP contribution in [0.25, 0.3) is 0 Å². The molecule has 0 radical (unpaired) electrons. The van der Waals surface area contributed by atoms with Gasteiger partial charge in [-0.3, -0.25) is 4.79 Å².